The first kappa shape index (κ1) is 19.6. The predicted octanol–water partition coefficient (Wildman–Crippen LogP) is 4.23. The molecule has 0 aliphatic heterocycles. The van der Waals surface area contributed by atoms with E-state index in [9.17, 15) is 18.0 Å². The number of halogens is 3. The Labute approximate surface area is 149 Å². The number of nitrogens with one attached hydrogen (secondary N) is 1. The van der Waals surface area contributed by atoms with E-state index in [0.29, 0.717) is 6.42 Å². The Morgan fingerprint density at radius 1 is 1.08 bits per heavy atom. The number of hydrogen-bond donors (Lipinski definition) is 1. The van der Waals surface area contributed by atoms with Crippen LogP contribution in [0.2, 0.25) is 0 Å². The molecule has 2 aromatic carbocycles. The molecule has 0 aliphatic carbocycles. The minimum Gasteiger partial charge on any atom is -0.497 e. The van der Waals surface area contributed by atoms with E-state index in [1.165, 1.54) is 18.2 Å². The molecule has 26 heavy (non-hydrogen) atoms. The van der Waals surface area contributed by atoms with Crippen molar-refractivity contribution >= 4 is 5.91 Å². The number of alkyl halides is 3. The summed E-state index contributed by atoms with van der Waals surface area (Å²) in [6, 6.07) is 13.3. The first-order chi connectivity index (χ1) is 12.4. The van der Waals surface area contributed by atoms with E-state index in [-0.39, 0.29) is 30.2 Å². The minimum atomic E-state index is -4.77. The van der Waals surface area contributed by atoms with Gasteiger partial charge in [-0.05, 0) is 36.6 Å². The molecule has 2 aromatic rings. The normalized spacial score (nSPS) is 11.1. The standard InChI is InChI=1S/C19H20F3NO3/c1-25-16-11-9-14(10-12-16)5-4-8-18(24)23-13-15-6-2-3-7-17(15)26-19(20,21)22/h2-3,6-7,9-12H,4-5,8,13H2,1H3,(H,23,24). The second-order valence-corrected chi connectivity index (χ2v) is 5.63. The van der Waals surface area contributed by atoms with Gasteiger partial charge in [-0.3, -0.25) is 4.79 Å². The fourth-order valence-electron chi connectivity index (χ4n) is 2.40. The molecular formula is C19H20F3NO3. The number of amides is 1. The Hall–Kier alpha value is -2.70. The van der Waals surface area contributed by atoms with Gasteiger partial charge in [0, 0.05) is 18.5 Å². The predicted molar refractivity (Wildman–Crippen MR) is 90.9 cm³/mol. The maximum atomic E-state index is 12.4. The van der Waals surface area contributed by atoms with Crippen LogP contribution in [-0.4, -0.2) is 19.4 Å². The molecule has 7 heteroatoms. The van der Waals surface area contributed by atoms with Crippen molar-refractivity contribution < 1.29 is 27.4 Å². The van der Waals surface area contributed by atoms with Gasteiger partial charge in [-0.2, -0.15) is 0 Å². The Morgan fingerprint density at radius 3 is 2.42 bits per heavy atom. The van der Waals surface area contributed by atoms with Crippen LogP contribution in [0, 0.1) is 0 Å². The van der Waals surface area contributed by atoms with Crippen LogP contribution in [0.25, 0.3) is 0 Å². The molecule has 0 fully saturated rings. The van der Waals surface area contributed by atoms with E-state index < -0.39 is 6.36 Å². The SMILES string of the molecule is COc1ccc(CCCC(=O)NCc2ccccc2OC(F)(F)F)cc1. The van der Waals surface area contributed by atoms with Gasteiger partial charge in [-0.25, -0.2) is 0 Å². The zero-order chi connectivity index (χ0) is 19.0. The monoisotopic (exact) mass is 367 g/mol. The van der Waals surface area contributed by atoms with Crippen molar-refractivity contribution in [3.05, 3.63) is 59.7 Å². The zero-order valence-corrected chi connectivity index (χ0v) is 14.3. The summed E-state index contributed by atoms with van der Waals surface area (Å²) in [6.07, 6.45) is -3.11. The summed E-state index contributed by atoms with van der Waals surface area (Å²) in [7, 11) is 1.59. The van der Waals surface area contributed by atoms with Gasteiger partial charge in [-0.15, -0.1) is 13.2 Å². The molecule has 4 nitrogen and oxygen atoms in total. The summed E-state index contributed by atoms with van der Waals surface area (Å²) in [6.45, 7) is -0.0202. The van der Waals surface area contributed by atoms with Crippen LogP contribution in [0.15, 0.2) is 48.5 Å². The highest BCUT2D eigenvalue weighted by Gasteiger charge is 2.31. The van der Waals surface area contributed by atoms with Crippen molar-refractivity contribution in [2.24, 2.45) is 0 Å². The van der Waals surface area contributed by atoms with Gasteiger partial charge in [0.1, 0.15) is 11.5 Å². The lowest BCUT2D eigenvalue weighted by Gasteiger charge is -2.13. The van der Waals surface area contributed by atoms with E-state index >= 15 is 0 Å². The fourth-order valence-corrected chi connectivity index (χ4v) is 2.40. The largest absolute Gasteiger partial charge is 0.573 e. The van der Waals surface area contributed by atoms with Gasteiger partial charge in [0.2, 0.25) is 5.91 Å². The number of benzene rings is 2. The van der Waals surface area contributed by atoms with Crippen LogP contribution in [0.4, 0.5) is 13.2 Å². The number of methoxy groups -OCH3 is 1. The lowest BCUT2D eigenvalue weighted by Crippen LogP contribution is -2.24. The third-order valence-corrected chi connectivity index (χ3v) is 3.70. The summed E-state index contributed by atoms with van der Waals surface area (Å²) in [5.74, 6) is 0.241. The first-order valence-corrected chi connectivity index (χ1v) is 8.10. The smallest absolute Gasteiger partial charge is 0.497 e. The number of para-hydroxylation sites is 1. The van der Waals surface area contributed by atoms with Crippen LogP contribution >= 0.6 is 0 Å². The maximum Gasteiger partial charge on any atom is 0.573 e. The van der Waals surface area contributed by atoms with Crippen molar-refractivity contribution in [3.63, 3.8) is 0 Å². The number of ether oxygens (including phenoxy) is 2. The molecule has 0 saturated carbocycles. The van der Waals surface area contributed by atoms with Gasteiger partial charge in [0.15, 0.2) is 0 Å². The van der Waals surface area contributed by atoms with E-state index in [4.69, 9.17) is 4.74 Å². The fraction of sp³-hybridized carbons (Fsp3) is 0.316. The van der Waals surface area contributed by atoms with E-state index in [2.05, 4.69) is 10.1 Å². The molecular weight excluding hydrogens is 347 g/mol. The summed E-state index contributed by atoms with van der Waals surface area (Å²) in [4.78, 5) is 11.9. The quantitative estimate of drug-likeness (QED) is 0.759. The summed E-state index contributed by atoms with van der Waals surface area (Å²) < 4.78 is 46.2. The second kappa shape index (κ2) is 9.12. The van der Waals surface area contributed by atoms with Crippen LogP contribution in [0.3, 0.4) is 0 Å². The third-order valence-electron chi connectivity index (χ3n) is 3.70. The molecule has 1 amide bonds. The topological polar surface area (TPSA) is 47.6 Å². The van der Waals surface area contributed by atoms with Gasteiger partial charge in [0.05, 0.1) is 7.11 Å². The second-order valence-electron chi connectivity index (χ2n) is 5.63. The number of carbonyl (C=O) groups excluding carboxylic acids is 1. The molecule has 0 aromatic heterocycles. The van der Waals surface area contributed by atoms with Gasteiger partial charge < -0.3 is 14.8 Å². The van der Waals surface area contributed by atoms with Gasteiger partial charge >= 0.3 is 6.36 Å². The number of hydrogen-bond acceptors (Lipinski definition) is 3. The third kappa shape index (κ3) is 6.66. The summed E-state index contributed by atoms with van der Waals surface area (Å²) in [5, 5.41) is 2.62. The maximum absolute atomic E-state index is 12.4. The van der Waals surface area contributed by atoms with Crippen molar-refractivity contribution in [1.82, 2.24) is 5.32 Å². The molecule has 0 aliphatic rings. The molecule has 0 heterocycles. The van der Waals surface area contributed by atoms with Crippen LogP contribution in [0.1, 0.15) is 24.0 Å². The molecule has 0 bridgehead atoms. The highest BCUT2D eigenvalue weighted by Crippen LogP contribution is 2.26. The average Bonchev–Trinajstić information content (AvgIpc) is 2.60. The van der Waals surface area contributed by atoms with Crippen molar-refractivity contribution in [2.75, 3.05) is 7.11 Å². The molecule has 140 valence electrons. The number of aryl methyl sites for hydroxylation is 1. The lowest BCUT2D eigenvalue weighted by atomic mass is 10.1. The van der Waals surface area contributed by atoms with Crippen molar-refractivity contribution in [3.8, 4) is 11.5 Å². The average molecular weight is 367 g/mol. The van der Waals surface area contributed by atoms with Crippen LogP contribution in [0.5, 0.6) is 11.5 Å². The van der Waals surface area contributed by atoms with E-state index in [1.807, 2.05) is 24.3 Å². The molecule has 0 radical (unpaired) electrons. The Morgan fingerprint density at radius 2 is 1.77 bits per heavy atom. The summed E-state index contributed by atoms with van der Waals surface area (Å²) >= 11 is 0. The summed E-state index contributed by atoms with van der Waals surface area (Å²) in [5.41, 5.74) is 1.36. The van der Waals surface area contributed by atoms with Gasteiger partial charge in [0.25, 0.3) is 0 Å². The first-order valence-electron chi connectivity index (χ1n) is 8.10. The molecule has 0 atom stereocenters. The van der Waals surface area contributed by atoms with Crippen LogP contribution < -0.4 is 14.8 Å². The minimum absolute atomic E-state index is 0.0202. The van der Waals surface area contributed by atoms with Crippen molar-refractivity contribution in [1.29, 1.82) is 0 Å². The Kier molecular flexibility index (Phi) is 6.89. The molecule has 2 rings (SSSR count). The highest BCUT2D eigenvalue weighted by molar-refractivity contribution is 5.75. The van der Waals surface area contributed by atoms with E-state index in [1.54, 1.807) is 13.2 Å². The Bertz CT molecular complexity index is 715. The van der Waals surface area contributed by atoms with Gasteiger partial charge in [-0.1, -0.05) is 30.3 Å². The Balaban J connectivity index is 1.78. The number of rotatable bonds is 8. The highest BCUT2D eigenvalue weighted by atomic mass is 19.4. The molecule has 0 spiro atoms. The lowest BCUT2D eigenvalue weighted by molar-refractivity contribution is -0.274. The molecule has 0 unspecified atom stereocenters. The number of carbonyl (C=O) groups is 1. The van der Waals surface area contributed by atoms with Crippen LogP contribution in [-0.2, 0) is 17.8 Å². The zero-order valence-electron chi connectivity index (χ0n) is 14.3. The van der Waals surface area contributed by atoms with Crippen molar-refractivity contribution in [2.45, 2.75) is 32.2 Å². The molecule has 0 saturated heterocycles. The molecule has 1 N–H and O–H groups in total. The van der Waals surface area contributed by atoms with E-state index in [0.717, 1.165) is 17.7 Å².